The Bertz CT molecular complexity index is 758. The number of alkyl halides is 3. The minimum absolute atomic E-state index is 0.0594. The van der Waals surface area contributed by atoms with Crippen molar-refractivity contribution >= 4 is 23.2 Å². The molecule has 0 radical (unpaired) electrons. The highest BCUT2D eigenvalue weighted by atomic mass is 19.4. The molecule has 0 unspecified atom stereocenters. The fourth-order valence-corrected chi connectivity index (χ4v) is 2.08. The van der Waals surface area contributed by atoms with Crippen molar-refractivity contribution < 1.29 is 31.9 Å². The highest BCUT2D eigenvalue weighted by Crippen LogP contribution is 2.36. The van der Waals surface area contributed by atoms with Crippen LogP contribution in [0.2, 0.25) is 0 Å². The van der Waals surface area contributed by atoms with Gasteiger partial charge in [0.1, 0.15) is 6.26 Å². The van der Waals surface area contributed by atoms with E-state index in [1.54, 1.807) is 6.92 Å². The molecule has 0 fully saturated rings. The average Bonchev–Trinajstić information content (AvgIpc) is 3.10. The Morgan fingerprint density at radius 1 is 1.19 bits per heavy atom. The first-order valence-electron chi connectivity index (χ1n) is 7.73. The molecule has 26 heavy (non-hydrogen) atoms. The van der Waals surface area contributed by atoms with Gasteiger partial charge in [-0.25, -0.2) is 0 Å². The van der Waals surface area contributed by atoms with Crippen LogP contribution in [0.5, 0.6) is 0 Å². The van der Waals surface area contributed by atoms with Crippen molar-refractivity contribution in [2.45, 2.75) is 19.5 Å². The lowest BCUT2D eigenvalue weighted by Crippen LogP contribution is -2.19. The van der Waals surface area contributed by atoms with E-state index in [0.717, 1.165) is 12.1 Å². The number of hydrogen-bond acceptors (Lipinski definition) is 4. The zero-order chi connectivity index (χ0) is 19.2. The maximum absolute atomic E-state index is 13.3. The Hall–Kier alpha value is -2.81. The van der Waals surface area contributed by atoms with Crippen LogP contribution in [0.1, 0.15) is 29.3 Å². The molecule has 9 heteroatoms. The first kappa shape index (κ1) is 19.5. The predicted octanol–water partition coefficient (Wildman–Crippen LogP) is 3.92. The minimum Gasteiger partial charge on any atom is -0.472 e. The topological polar surface area (TPSA) is 80.6 Å². The molecule has 1 aromatic heterocycles. The number of benzene rings is 1. The van der Waals surface area contributed by atoms with Crippen LogP contribution >= 0.6 is 0 Å². The first-order valence-corrected chi connectivity index (χ1v) is 7.73. The highest BCUT2D eigenvalue weighted by Gasteiger charge is 2.34. The van der Waals surface area contributed by atoms with Gasteiger partial charge in [-0.2, -0.15) is 13.2 Å². The van der Waals surface area contributed by atoms with Crippen molar-refractivity contribution in [3.8, 4) is 0 Å². The van der Waals surface area contributed by atoms with Gasteiger partial charge in [0.05, 0.1) is 36.1 Å². The molecule has 1 heterocycles. The molecule has 0 aliphatic rings. The standard InChI is InChI=1S/C17H17F3N2O4/c1-2-25-8-6-15(23)22-14-4-3-12(9-13(14)17(18,19)20)21-16(24)11-5-7-26-10-11/h3-5,7,9-10H,2,6,8H2,1H3,(H,21,24)(H,22,23). The van der Waals surface area contributed by atoms with Gasteiger partial charge in [-0.05, 0) is 31.2 Å². The molecule has 0 aliphatic heterocycles. The number of halogens is 3. The smallest absolute Gasteiger partial charge is 0.418 e. The number of hydrogen-bond donors (Lipinski definition) is 2. The normalized spacial score (nSPS) is 11.2. The van der Waals surface area contributed by atoms with E-state index < -0.39 is 23.6 Å². The molecule has 0 saturated heterocycles. The number of rotatable bonds is 7. The summed E-state index contributed by atoms with van der Waals surface area (Å²) in [7, 11) is 0. The third-order valence-electron chi connectivity index (χ3n) is 3.32. The molecule has 2 N–H and O–H groups in total. The number of nitrogens with one attached hydrogen (secondary N) is 2. The van der Waals surface area contributed by atoms with Gasteiger partial charge in [-0.1, -0.05) is 0 Å². The third kappa shape index (κ3) is 5.35. The molecule has 0 spiro atoms. The van der Waals surface area contributed by atoms with Crippen LogP contribution in [-0.2, 0) is 15.7 Å². The number of furan rings is 1. The van der Waals surface area contributed by atoms with E-state index in [1.807, 2.05) is 0 Å². The minimum atomic E-state index is -4.71. The maximum atomic E-state index is 13.3. The SMILES string of the molecule is CCOCCC(=O)Nc1ccc(NC(=O)c2ccoc2)cc1C(F)(F)F. The second-order valence-electron chi connectivity index (χ2n) is 5.22. The van der Waals surface area contributed by atoms with Crippen LogP contribution in [0, 0.1) is 0 Å². The molecule has 2 aromatic rings. The van der Waals surface area contributed by atoms with Crippen molar-refractivity contribution in [2.75, 3.05) is 23.8 Å². The predicted molar refractivity (Wildman–Crippen MR) is 87.8 cm³/mol. The molecule has 0 bridgehead atoms. The molecule has 2 rings (SSSR count). The summed E-state index contributed by atoms with van der Waals surface area (Å²) in [4.78, 5) is 23.7. The van der Waals surface area contributed by atoms with Crippen LogP contribution < -0.4 is 10.6 Å². The molecule has 6 nitrogen and oxygen atoms in total. The van der Waals surface area contributed by atoms with Gasteiger partial charge in [0.2, 0.25) is 5.91 Å². The molecule has 1 aromatic carbocycles. The second-order valence-corrected chi connectivity index (χ2v) is 5.22. The van der Waals surface area contributed by atoms with E-state index in [4.69, 9.17) is 9.15 Å². The first-order chi connectivity index (χ1) is 12.3. The summed E-state index contributed by atoms with van der Waals surface area (Å²) in [6, 6.07) is 4.50. The van der Waals surface area contributed by atoms with Crippen molar-refractivity contribution in [1.29, 1.82) is 0 Å². The quantitative estimate of drug-likeness (QED) is 0.724. The fourth-order valence-electron chi connectivity index (χ4n) is 2.08. The van der Waals surface area contributed by atoms with Crippen LogP contribution in [0.15, 0.2) is 41.2 Å². The third-order valence-corrected chi connectivity index (χ3v) is 3.32. The van der Waals surface area contributed by atoms with Crippen LogP contribution in [0.4, 0.5) is 24.5 Å². The Balaban J connectivity index is 2.16. The Morgan fingerprint density at radius 3 is 2.58 bits per heavy atom. The van der Waals surface area contributed by atoms with Gasteiger partial charge < -0.3 is 19.8 Å². The molecule has 0 saturated carbocycles. The molecule has 140 valence electrons. The average molecular weight is 370 g/mol. The summed E-state index contributed by atoms with van der Waals surface area (Å²) in [5.41, 5.74) is -1.34. The van der Waals surface area contributed by atoms with Crippen LogP contribution in [0.3, 0.4) is 0 Å². The van der Waals surface area contributed by atoms with Crippen LogP contribution in [0.25, 0.3) is 0 Å². The number of carbonyl (C=O) groups excluding carboxylic acids is 2. The van der Waals surface area contributed by atoms with E-state index in [1.165, 1.54) is 24.7 Å². The van der Waals surface area contributed by atoms with E-state index >= 15 is 0 Å². The van der Waals surface area contributed by atoms with E-state index in [2.05, 4.69) is 10.6 Å². The Labute approximate surface area is 147 Å². The fraction of sp³-hybridized carbons (Fsp3) is 0.294. The second kappa shape index (κ2) is 8.52. The molecule has 0 atom stereocenters. The number of amides is 2. The van der Waals surface area contributed by atoms with E-state index in [-0.39, 0.29) is 30.0 Å². The lowest BCUT2D eigenvalue weighted by Gasteiger charge is -2.15. The van der Waals surface area contributed by atoms with Gasteiger partial charge in [0, 0.05) is 12.3 Å². The zero-order valence-electron chi connectivity index (χ0n) is 13.9. The Morgan fingerprint density at radius 2 is 1.96 bits per heavy atom. The number of anilines is 2. The summed E-state index contributed by atoms with van der Waals surface area (Å²) < 4.78 is 49.6. The highest BCUT2D eigenvalue weighted by molar-refractivity contribution is 6.04. The summed E-state index contributed by atoms with van der Waals surface area (Å²) in [5, 5.41) is 4.57. The summed E-state index contributed by atoms with van der Waals surface area (Å²) >= 11 is 0. The van der Waals surface area contributed by atoms with Gasteiger partial charge >= 0.3 is 6.18 Å². The summed E-state index contributed by atoms with van der Waals surface area (Å²) in [5.74, 6) is -1.21. The lowest BCUT2D eigenvalue weighted by molar-refractivity contribution is -0.136. The Kier molecular flexibility index (Phi) is 6.40. The van der Waals surface area contributed by atoms with Gasteiger partial charge in [0.15, 0.2) is 0 Å². The maximum Gasteiger partial charge on any atom is 0.418 e. The van der Waals surface area contributed by atoms with Crippen molar-refractivity contribution in [3.63, 3.8) is 0 Å². The molecular formula is C17H17F3N2O4. The zero-order valence-corrected chi connectivity index (χ0v) is 13.9. The molecule has 2 amide bonds. The van der Waals surface area contributed by atoms with Crippen LogP contribution in [-0.4, -0.2) is 25.0 Å². The van der Waals surface area contributed by atoms with Gasteiger partial charge in [-0.3, -0.25) is 9.59 Å². The monoisotopic (exact) mass is 370 g/mol. The van der Waals surface area contributed by atoms with Gasteiger partial charge in [-0.15, -0.1) is 0 Å². The number of ether oxygens (including phenoxy) is 1. The van der Waals surface area contributed by atoms with Crippen molar-refractivity contribution in [1.82, 2.24) is 0 Å². The largest absolute Gasteiger partial charge is 0.472 e. The molecule has 0 aliphatic carbocycles. The lowest BCUT2D eigenvalue weighted by atomic mass is 10.1. The van der Waals surface area contributed by atoms with Crippen molar-refractivity contribution in [3.05, 3.63) is 47.9 Å². The number of carbonyl (C=O) groups is 2. The van der Waals surface area contributed by atoms with Crippen molar-refractivity contribution in [2.24, 2.45) is 0 Å². The summed E-state index contributed by atoms with van der Waals surface area (Å²) in [6.45, 7) is 2.27. The molecular weight excluding hydrogens is 353 g/mol. The summed E-state index contributed by atoms with van der Waals surface area (Å²) in [6.07, 6.45) is -2.33. The van der Waals surface area contributed by atoms with E-state index in [0.29, 0.717) is 6.61 Å². The van der Waals surface area contributed by atoms with Gasteiger partial charge in [0.25, 0.3) is 5.91 Å². The van der Waals surface area contributed by atoms with E-state index in [9.17, 15) is 22.8 Å².